The Balaban J connectivity index is 1.25. The fourth-order valence-electron chi connectivity index (χ4n) is 3.51. The third-order valence-corrected chi connectivity index (χ3v) is 5.21. The Morgan fingerprint density at radius 3 is 2.33 bits per heavy atom. The standard InChI is InChI=1S/C25H19N5O3/c1-15-5-4-6-18(13-15)25-30-29-24(33-25)17-11-9-16(10-12-17)22(31)27-28-23(32)20-14-26-21-8-3-2-7-19(20)21/h2-14,26H,1H3,(H,27,31)(H,28,32). The summed E-state index contributed by atoms with van der Waals surface area (Å²) in [5.41, 5.74) is 9.17. The van der Waals surface area contributed by atoms with E-state index in [9.17, 15) is 9.59 Å². The average Bonchev–Trinajstić information content (AvgIpc) is 3.50. The number of aryl methyl sites for hydroxylation is 1. The van der Waals surface area contributed by atoms with E-state index in [0.29, 0.717) is 28.5 Å². The second-order valence-corrected chi connectivity index (χ2v) is 7.52. The molecule has 162 valence electrons. The molecule has 0 unspecified atom stereocenters. The molecule has 0 atom stereocenters. The Morgan fingerprint density at radius 1 is 0.818 bits per heavy atom. The monoisotopic (exact) mass is 437 g/mol. The Labute approximate surface area is 188 Å². The number of fused-ring (bicyclic) bond motifs is 1. The number of amides is 2. The van der Waals surface area contributed by atoms with Gasteiger partial charge in [-0.25, -0.2) is 0 Å². The zero-order valence-corrected chi connectivity index (χ0v) is 17.6. The lowest BCUT2D eigenvalue weighted by Crippen LogP contribution is -2.41. The van der Waals surface area contributed by atoms with Crippen LogP contribution in [0.15, 0.2) is 83.4 Å². The summed E-state index contributed by atoms with van der Waals surface area (Å²) in [7, 11) is 0. The van der Waals surface area contributed by atoms with Crippen molar-refractivity contribution in [3.05, 3.63) is 95.7 Å². The van der Waals surface area contributed by atoms with E-state index in [1.54, 1.807) is 30.5 Å². The molecule has 0 aliphatic carbocycles. The molecule has 2 aromatic heterocycles. The van der Waals surface area contributed by atoms with Gasteiger partial charge in [-0.1, -0.05) is 35.9 Å². The van der Waals surface area contributed by atoms with Crippen LogP contribution in [-0.2, 0) is 0 Å². The highest BCUT2D eigenvalue weighted by atomic mass is 16.4. The van der Waals surface area contributed by atoms with Crippen molar-refractivity contribution < 1.29 is 14.0 Å². The first-order chi connectivity index (χ1) is 16.1. The molecule has 5 rings (SSSR count). The van der Waals surface area contributed by atoms with Gasteiger partial charge in [-0.15, -0.1) is 10.2 Å². The Kier molecular flexibility index (Phi) is 5.16. The molecule has 0 bridgehead atoms. The van der Waals surface area contributed by atoms with Gasteiger partial charge in [0.1, 0.15) is 0 Å². The number of benzene rings is 3. The second-order valence-electron chi connectivity index (χ2n) is 7.52. The minimum absolute atomic E-state index is 0.353. The van der Waals surface area contributed by atoms with Crippen LogP contribution in [-0.4, -0.2) is 27.0 Å². The quantitative estimate of drug-likeness (QED) is 0.364. The largest absolute Gasteiger partial charge is 0.416 e. The number of hydrogen-bond donors (Lipinski definition) is 3. The number of hydrazine groups is 1. The van der Waals surface area contributed by atoms with E-state index >= 15 is 0 Å². The van der Waals surface area contributed by atoms with Crippen LogP contribution in [0.25, 0.3) is 33.8 Å². The van der Waals surface area contributed by atoms with Crippen LogP contribution in [0, 0.1) is 6.92 Å². The van der Waals surface area contributed by atoms with Crippen LogP contribution in [0.4, 0.5) is 0 Å². The van der Waals surface area contributed by atoms with Gasteiger partial charge in [0, 0.05) is 33.8 Å². The fraction of sp³-hybridized carbons (Fsp3) is 0.0400. The predicted molar refractivity (Wildman–Crippen MR) is 123 cm³/mol. The van der Waals surface area contributed by atoms with Crippen LogP contribution in [0.3, 0.4) is 0 Å². The van der Waals surface area contributed by atoms with Crippen molar-refractivity contribution in [1.29, 1.82) is 0 Å². The van der Waals surface area contributed by atoms with E-state index < -0.39 is 11.8 Å². The van der Waals surface area contributed by atoms with Crippen LogP contribution >= 0.6 is 0 Å². The molecule has 0 saturated carbocycles. The van der Waals surface area contributed by atoms with Crippen LogP contribution in [0.1, 0.15) is 26.3 Å². The molecule has 3 N–H and O–H groups in total. The lowest BCUT2D eigenvalue weighted by molar-refractivity contribution is 0.0847. The van der Waals surface area contributed by atoms with Crippen molar-refractivity contribution in [2.45, 2.75) is 6.92 Å². The van der Waals surface area contributed by atoms with Crippen LogP contribution < -0.4 is 10.9 Å². The molecule has 0 radical (unpaired) electrons. The molecule has 0 saturated heterocycles. The smallest absolute Gasteiger partial charge is 0.271 e. The van der Waals surface area contributed by atoms with Gasteiger partial charge in [0.2, 0.25) is 11.8 Å². The molecule has 0 fully saturated rings. The maximum atomic E-state index is 12.5. The van der Waals surface area contributed by atoms with Gasteiger partial charge >= 0.3 is 0 Å². The van der Waals surface area contributed by atoms with Gasteiger partial charge in [0.25, 0.3) is 11.8 Å². The summed E-state index contributed by atoms with van der Waals surface area (Å²) in [6.45, 7) is 1.99. The molecule has 8 nitrogen and oxygen atoms in total. The molecule has 33 heavy (non-hydrogen) atoms. The Hall–Kier alpha value is -4.72. The molecule has 5 aromatic rings. The van der Waals surface area contributed by atoms with Gasteiger partial charge < -0.3 is 9.40 Å². The fourth-order valence-corrected chi connectivity index (χ4v) is 3.51. The Bertz CT molecular complexity index is 1470. The maximum absolute atomic E-state index is 12.5. The summed E-state index contributed by atoms with van der Waals surface area (Å²) in [5, 5.41) is 8.99. The number of rotatable bonds is 4. The number of carbonyl (C=O) groups excluding carboxylic acids is 2. The van der Waals surface area contributed by atoms with Crippen molar-refractivity contribution in [3.63, 3.8) is 0 Å². The number of nitrogens with one attached hydrogen (secondary N) is 3. The zero-order valence-electron chi connectivity index (χ0n) is 17.6. The average molecular weight is 437 g/mol. The van der Waals surface area contributed by atoms with Crippen molar-refractivity contribution >= 4 is 22.7 Å². The number of aromatic amines is 1. The van der Waals surface area contributed by atoms with E-state index in [2.05, 4.69) is 26.0 Å². The first kappa shape index (κ1) is 20.2. The predicted octanol–water partition coefficient (Wildman–Crippen LogP) is 4.27. The minimum Gasteiger partial charge on any atom is -0.416 e. The summed E-state index contributed by atoms with van der Waals surface area (Å²) in [6.07, 6.45) is 1.61. The molecule has 0 spiro atoms. The summed E-state index contributed by atoms with van der Waals surface area (Å²) in [5.74, 6) is -0.0747. The number of aromatic nitrogens is 3. The molecule has 3 aromatic carbocycles. The van der Waals surface area contributed by atoms with E-state index in [1.165, 1.54) is 0 Å². The van der Waals surface area contributed by atoms with Gasteiger partial charge in [0.15, 0.2) is 0 Å². The van der Waals surface area contributed by atoms with E-state index in [4.69, 9.17) is 4.42 Å². The normalized spacial score (nSPS) is 10.8. The van der Waals surface area contributed by atoms with Crippen molar-refractivity contribution in [2.24, 2.45) is 0 Å². The van der Waals surface area contributed by atoms with E-state index in [-0.39, 0.29) is 0 Å². The zero-order chi connectivity index (χ0) is 22.8. The highest BCUT2D eigenvalue weighted by Gasteiger charge is 2.14. The molecular weight excluding hydrogens is 418 g/mol. The molecule has 2 heterocycles. The second kappa shape index (κ2) is 8.43. The topological polar surface area (TPSA) is 113 Å². The summed E-state index contributed by atoms with van der Waals surface area (Å²) in [4.78, 5) is 28.0. The van der Waals surface area contributed by atoms with Crippen molar-refractivity contribution in [1.82, 2.24) is 26.0 Å². The van der Waals surface area contributed by atoms with Crippen molar-refractivity contribution in [2.75, 3.05) is 0 Å². The lowest BCUT2D eigenvalue weighted by atomic mass is 10.1. The third kappa shape index (κ3) is 4.09. The van der Waals surface area contributed by atoms with Crippen LogP contribution in [0.5, 0.6) is 0 Å². The molecule has 0 aliphatic rings. The highest BCUT2D eigenvalue weighted by molar-refractivity contribution is 6.07. The first-order valence-electron chi connectivity index (χ1n) is 10.3. The number of para-hydroxylation sites is 1. The van der Waals surface area contributed by atoms with Gasteiger partial charge in [0.05, 0.1) is 5.56 Å². The molecule has 0 aliphatic heterocycles. The highest BCUT2D eigenvalue weighted by Crippen LogP contribution is 2.24. The van der Waals surface area contributed by atoms with Gasteiger partial charge in [-0.2, -0.15) is 0 Å². The lowest BCUT2D eigenvalue weighted by Gasteiger charge is -2.07. The summed E-state index contributed by atoms with van der Waals surface area (Å²) in [6, 6.07) is 21.9. The summed E-state index contributed by atoms with van der Waals surface area (Å²) < 4.78 is 5.78. The molecule has 2 amide bonds. The summed E-state index contributed by atoms with van der Waals surface area (Å²) >= 11 is 0. The molecular formula is C25H19N5O3. The molecule has 8 heteroatoms. The number of nitrogens with zero attached hydrogens (tertiary/aromatic N) is 2. The number of carbonyl (C=O) groups is 2. The van der Waals surface area contributed by atoms with E-state index in [0.717, 1.165) is 22.0 Å². The van der Waals surface area contributed by atoms with Gasteiger partial charge in [-0.3, -0.25) is 20.4 Å². The number of H-pyrrole nitrogens is 1. The Morgan fingerprint density at radius 2 is 1.55 bits per heavy atom. The van der Waals surface area contributed by atoms with Crippen molar-refractivity contribution in [3.8, 4) is 22.9 Å². The van der Waals surface area contributed by atoms with Gasteiger partial charge in [-0.05, 0) is 49.4 Å². The maximum Gasteiger partial charge on any atom is 0.271 e. The third-order valence-electron chi connectivity index (χ3n) is 5.21. The number of hydrogen-bond acceptors (Lipinski definition) is 5. The van der Waals surface area contributed by atoms with Crippen LogP contribution in [0.2, 0.25) is 0 Å². The van der Waals surface area contributed by atoms with E-state index in [1.807, 2.05) is 55.5 Å². The SMILES string of the molecule is Cc1cccc(-c2nnc(-c3ccc(C(=O)NNC(=O)c4c[nH]c5ccccc45)cc3)o2)c1. The minimum atomic E-state index is -0.444. The first-order valence-corrected chi connectivity index (χ1v) is 10.3.